The normalized spacial score (nSPS) is 11.8. The van der Waals surface area contributed by atoms with E-state index in [-0.39, 0.29) is 12.4 Å². The molecule has 0 aromatic heterocycles. The number of nitrogens with two attached hydrogens (primary N) is 1. The molecule has 3 nitrogen and oxygen atoms in total. The highest BCUT2D eigenvalue weighted by atomic mass is 35.5. The molecule has 0 aromatic carbocycles. The van der Waals surface area contributed by atoms with Gasteiger partial charge < -0.3 is 10.8 Å². The smallest absolute Gasteiger partial charge is 0.246 e. The molecule has 10 heavy (non-hydrogen) atoms. The lowest BCUT2D eigenvalue weighted by Gasteiger charge is -2.02. The summed E-state index contributed by atoms with van der Waals surface area (Å²) in [6.45, 7) is 0. The Morgan fingerprint density at radius 2 is 2.30 bits per heavy atom. The van der Waals surface area contributed by atoms with Crippen molar-refractivity contribution < 1.29 is 9.90 Å². The molecular weight excluding hydrogens is 174 g/mol. The van der Waals surface area contributed by atoms with Gasteiger partial charge in [-0.25, -0.2) is 0 Å². The molecule has 1 unspecified atom stereocenters. The summed E-state index contributed by atoms with van der Waals surface area (Å²) in [5, 5.41) is 8.77. The highest BCUT2D eigenvalue weighted by Crippen LogP contribution is 1.98. The van der Waals surface area contributed by atoms with E-state index in [1.54, 1.807) is 11.8 Å². The van der Waals surface area contributed by atoms with Crippen molar-refractivity contribution in [2.24, 2.45) is 5.73 Å². The Labute approximate surface area is 70.8 Å². The summed E-state index contributed by atoms with van der Waals surface area (Å²) >= 11 is 1.58. The highest BCUT2D eigenvalue weighted by molar-refractivity contribution is 7.98. The zero-order valence-corrected chi connectivity index (χ0v) is 7.37. The van der Waals surface area contributed by atoms with Crippen molar-refractivity contribution in [2.75, 3.05) is 12.0 Å². The van der Waals surface area contributed by atoms with Crippen molar-refractivity contribution in [1.29, 1.82) is 0 Å². The molecule has 0 aliphatic carbocycles. The van der Waals surface area contributed by atoms with Crippen LogP contribution in [0.25, 0.3) is 0 Å². The molecule has 0 bridgehead atoms. The van der Waals surface area contributed by atoms with Gasteiger partial charge in [0, 0.05) is 0 Å². The molecule has 0 heterocycles. The van der Waals surface area contributed by atoms with E-state index < -0.39 is 12.0 Å². The third kappa shape index (κ3) is 6.19. The van der Waals surface area contributed by atoms with Gasteiger partial charge in [0.1, 0.15) is 6.10 Å². The second kappa shape index (κ2) is 7.18. The maximum Gasteiger partial charge on any atom is 0.246 e. The Hall–Kier alpha value is 0.0700. The van der Waals surface area contributed by atoms with Crippen LogP contribution in [0.15, 0.2) is 0 Å². The van der Waals surface area contributed by atoms with Crippen molar-refractivity contribution in [3.8, 4) is 0 Å². The molecule has 1 atom stereocenters. The number of rotatable bonds is 4. The van der Waals surface area contributed by atoms with Gasteiger partial charge in [-0.05, 0) is 18.4 Å². The van der Waals surface area contributed by atoms with E-state index in [4.69, 9.17) is 10.8 Å². The van der Waals surface area contributed by atoms with Crippen LogP contribution >= 0.6 is 24.2 Å². The Kier molecular flexibility index (Phi) is 9.13. The molecule has 0 fully saturated rings. The van der Waals surface area contributed by atoms with Crippen molar-refractivity contribution in [1.82, 2.24) is 0 Å². The van der Waals surface area contributed by atoms with E-state index in [0.29, 0.717) is 6.42 Å². The molecular formula is C5H12ClNO2S. The third-order valence-electron chi connectivity index (χ3n) is 0.924. The molecule has 0 radical (unpaired) electrons. The fourth-order valence-electron chi connectivity index (χ4n) is 0.372. The van der Waals surface area contributed by atoms with Gasteiger partial charge in [-0.2, -0.15) is 11.8 Å². The first-order chi connectivity index (χ1) is 4.18. The van der Waals surface area contributed by atoms with E-state index >= 15 is 0 Å². The number of aliphatic hydroxyl groups is 1. The molecule has 0 rings (SSSR count). The Balaban J connectivity index is 0. The average Bonchev–Trinajstić information content (AvgIpc) is 1.82. The Morgan fingerprint density at radius 3 is 2.60 bits per heavy atom. The standard InChI is InChI=1S/C5H11NO2S.ClH/c1-9-3-2-4(7)5(6)8;/h4,7H,2-3H2,1H3,(H2,6,8);1H. The number of amides is 1. The number of carbonyl (C=O) groups is 1. The predicted octanol–water partition coefficient (Wildman–Crippen LogP) is 0.00750. The van der Waals surface area contributed by atoms with E-state index in [2.05, 4.69) is 0 Å². The number of hydrogen-bond donors (Lipinski definition) is 2. The largest absolute Gasteiger partial charge is 0.383 e. The van der Waals surface area contributed by atoms with Crippen LogP contribution in [0.4, 0.5) is 0 Å². The SMILES string of the molecule is CSCCC(O)C(N)=O.Cl. The van der Waals surface area contributed by atoms with Gasteiger partial charge >= 0.3 is 0 Å². The molecule has 1 amide bonds. The molecule has 0 saturated carbocycles. The Bertz CT molecular complexity index is 102. The predicted molar refractivity (Wildman–Crippen MR) is 45.4 cm³/mol. The first kappa shape index (κ1) is 12.7. The summed E-state index contributed by atoms with van der Waals surface area (Å²) < 4.78 is 0. The van der Waals surface area contributed by atoms with E-state index in [1.165, 1.54) is 0 Å². The quantitative estimate of drug-likeness (QED) is 0.649. The number of hydrogen-bond acceptors (Lipinski definition) is 3. The lowest BCUT2D eigenvalue weighted by molar-refractivity contribution is -0.126. The van der Waals surface area contributed by atoms with Gasteiger partial charge in [0.15, 0.2) is 0 Å². The van der Waals surface area contributed by atoms with Crippen LogP contribution in [0.3, 0.4) is 0 Å². The van der Waals surface area contributed by atoms with E-state index in [1.807, 2.05) is 6.26 Å². The minimum atomic E-state index is -0.961. The van der Waals surface area contributed by atoms with Crippen LogP contribution in [-0.2, 0) is 4.79 Å². The summed E-state index contributed by atoms with van der Waals surface area (Å²) in [6, 6.07) is 0. The summed E-state index contributed by atoms with van der Waals surface area (Å²) in [6.07, 6.45) is 1.40. The molecule has 0 aliphatic heterocycles. The molecule has 0 spiro atoms. The maximum absolute atomic E-state index is 10.2. The second-order valence-corrected chi connectivity index (χ2v) is 2.69. The number of aliphatic hydroxyl groups excluding tert-OH is 1. The van der Waals surface area contributed by atoms with Gasteiger partial charge in [-0.3, -0.25) is 4.79 Å². The lowest BCUT2D eigenvalue weighted by Crippen LogP contribution is -2.28. The van der Waals surface area contributed by atoms with Gasteiger partial charge in [-0.1, -0.05) is 0 Å². The number of carbonyl (C=O) groups excluding carboxylic acids is 1. The second-order valence-electron chi connectivity index (χ2n) is 1.70. The van der Waals surface area contributed by atoms with Crippen LogP contribution in [0, 0.1) is 0 Å². The summed E-state index contributed by atoms with van der Waals surface area (Å²) in [4.78, 5) is 10.2. The summed E-state index contributed by atoms with van der Waals surface area (Å²) in [5.41, 5.74) is 4.78. The fraction of sp³-hybridized carbons (Fsp3) is 0.800. The van der Waals surface area contributed by atoms with Gasteiger partial charge in [0.05, 0.1) is 0 Å². The maximum atomic E-state index is 10.2. The first-order valence-corrected chi connectivity index (χ1v) is 4.04. The van der Waals surface area contributed by atoms with Crippen LogP contribution in [0.1, 0.15) is 6.42 Å². The van der Waals surface area contributed by atoms with Crippen LogP contribution < -0.4 is 5.73 Å². The summed E-state index contributed by atoms with van der Waals surface area (Å²) in [5.74, 6) is 0.133. The van der Waals surface area contributed by atoms with Crippen LogP contribution in [-0.4, -0.2) is 29.1 Å². The zero-order chi connectivity index (χ0) is 7.28. The highest BCUT2D eigenvalue weighted by Gasteiger charge is 2.08. The van der Waals surface area contributed by atoms with Crippen molar-refractivity contribution in [2.45, 2.75) is 12.5 Å². The topological polar surface area (TPSA) is 63.3 Å². The van der Waals surface area contributed by atoms with E-state index in [9.17, 15) is 4.79 Å². The molecule has 0 saturated heterocycles. The molecule has 3 N–H and O–H groups in total. The van der Waals surface area contributed by atoms with Crippen molar-refractivity contribution in [3.05, 3.63) is 0 Å². The third-order valence-corrected chi connectivity index (χ3v) is 1.57. The van der Waals surface area contributed by atoms with Crippen molar-refractivity contribution >= 4 is 30.1 Å². The van der Waals surface area contributed by atoms with Gasteiger partial charge in [0.2, 0.25) is 5.91 Å². The minimum Gasteiger partial charge on any atom is -0.383 e. The number of thioether (sulfide) groups is 1. The van der Waals surface area contributed by atoms with E-state index in [0.717, 1.165) is 5.75 Å². The zero-order valence-electron chi connectivity index (χ0n) is 5.74. The molecule has 62 valence electrons. The average molecular weight is 186 g/mol. The summed E-state index contributed by atoms with van der Waals surface area (Å²) in [7, 11) is 0. The van der Waals surface area contributed by atoms with Crippen LogP contribution in [0.2, 0.25) is 0 Å². The van der Waals surface area contributed by atoms with Crippen LogP contribution in [0.5, 0.6) is 0 Å². The van der Waals surface area contributed by atoms with Crippen molar-refractivity contribution in [3.63, 3.8) is 0 Å². The monoisotopic (exact) mass is 185 g/mol. The minimum absolute atomic E-state index is 0. The number of primary amides is 1. The first-order valence-electron chi connectivity index (χ1n) is 2.64. The fourth-order valence-corrected chi connectivity index (χ4v) is 0.831. The lowest BCUT2D eigenvalue weighted by atomic mass is 10.3. The molecule has 0 aliphatic rings. The van der Waals surface area contributed by atoms with Gasteiger partial charge in [0.25, 0.3) is 0 Å². The molecule has 5 heteroatoms. The van der Waals surface area contributed by atoms with Gasteiger partial charge in [-0.15, -0.1) is 12.4 Å². The molecule has 0 aromatic rings. The number of halogens is 1. The Morgan fingerprint density at radius 1 is 1.80 bits per heavy atom.